The number of aliphatic carboxylic acids is 1. The SMILES string of the molecule is CCCCCC(C=C[C@@H]1[C@@H](CC=CCCC(=O)O)[C@@H](O)C[C@H]1OC1CCCCO1)OC1CCCCO1. The number of ether oxygens (including phenoxy) is 4. The van der Waals surface area contributed by atoms with Crippen molar-refractivity contribution in [1.29, 1.82) is 0 Å². The second kappa shape index (κ2) is 16.6. The molecule has 3 rings (SSSR count). The van der Waals surface area contributed by atoms with E-state index in [2.05, 4.69) is 19.1 Å². The minimum atomic E-state index is -0.793. The summed E-state index contributed by atoms with van der Waals surface area (Å²) < 4.78 is 24.5. The Balaban J connectivity index is 1.68. The molecule has 3 fully saturated rings. The molecule has 2 saturated heterocycles. The highest BCUT2D eigenvalue weighted by atomic mass is 16.7. The quantitative estimate of drug-likeness (QED) is 0.215. The molecule has 2 heterocycles. The molecule has 0 aromatic heterocycles. The number of hydrogen-bond donors (Lipinski definition) is 2. The van der Waals surface area contributed by atoms with E-state index < -0.39 is 12.1 Å². The minimum absolute atomic E-state index is 0.0122. The topological polar surface area (TPSA) is 94.5 Å². The third kappa shape index (κ3) is 10.3. The fourth-order valence-electron chi connectivity index (χ4n) is 5.49. The molecule has 7 nitrogen and oxygen atoms in total. The van der Waals surface area contributed by atoms with Gasteiger partial charge in [0.1, 0.15) is 0 Å². The third-order valence-corrected chi connectivity index (χ3v) is 7.56. The first-order valence-electron chi connectivity index (χ1n) is 14.3. The summed E-state index contributed by atoms with van der Waals surface area (Å²) in [5, 5.41) is 19.9. The molecule has 2 aliphatic heterocycles. The Hall–Kier alpha value is -1.25. The fraction of sp³-hybridized carbons (Fsp3) is 0.828. The molecule has 0 aromatic carbocycles. The molecular weight excluding hydrogens is 460 g/mol. The van der Waals surface area contributed by atoms with Crippen LogP contribution in [0.3, 0.4) is 0 Å². The van der Waals surface area contributed by atoms with Crippen LogP contribution < -0.4 is 0 Å². The van der Waals surface area contributed by atoms with Gasteiger partial charge in [0.05, 0.1) is 18.3 Å². The van der Waals surface area contributed by atoms with Crippen molar-refractivity contribution in [3.8, 4) is 0 Å². The second-order valence-corrected chi connectivity index (χ2v) is 10.5. The van der Waals surface area contributed by atoms with Crippen LogP contribution in [-0.4, -0.2) is 60.3 Å². The zero-order valence-corrected chi connectivity index (χ0v) is 22.1. The van der Waals surface area contributed by atoms with E-state index in [1.165, 1.54) is 12.8 Å². The number of aliphatic hydroxyl groups excluding tert-OH is 1. The lowest BCUT2D eigenvalue weighted by molar-refractivity contribution is -0.193. The summed E-state index contributed by atoms with van der Waals surface area (Å²) in [5.41, 5.74) is 0. The monoisotopic (exact) mass is 508 g/mol. The predicted octanol–water partition coefficient (Wildman–Crippen LogP) is 5.75. The van der Waals surface area contributed by atoms with E-state index in [1.807, 2.05) is 12.2 Å². The van der Waals surface area contributed by atoms with Gasteiger partial charge in [0.15, 0.2) is 12.6 Å². The van der Waals surface area contributed by atoms with Crippen LogP contribution in [0, 0.1) is 11.8 Å². The number of aliphatic hydroxyl groups is 1. The van der Waals surface area contributed by atoms with Crippen molar-refractivity contribution in [2.24, 2.45) is 11.8 Å². The Morgan fingerprint density at radius 3 is 2.47 bits per heavy atom. The first-order valence-corrected chi connectivity index (χ1v) is 14.3. The Labute approximate surface area is 217 Å². The van der Waals surface area contributed by atoms with Crippen molar-refractivity contribution in [1.82, 2.24) is 0 Å². The molecule has 206 valence electrons. The van der Waals surface area contributed by atoms with Gasteiger partial charge < -0.3 is 29.2 Å². The Morgan fingerprint density at radius 1 is 1.06 bits per heavy atom. The summed E-state index contributed by atoms with van der Waals surface area (Å²) in [6, 6.07) is 0. The van der Waals surface area contributed by atoms with Crippen LogP contribution in [0.2, 0.25) is 0 Å². The lowest BCUT2D eigenvalue weighted by Crippen LogP contribution is -2.31. The van der Waals surface area contributed by atoms with Gasteiger partial charge in [-0.1, -0.05) is 50.5 Å². The zero-order chi connectivity index (χ0) is 25.6. The maximum Gasteiger partial charge on any atom is 0.303 e. The molecule has 1 saturated carbocycles. The van der Waals surface area contributed by atoms with Gasteiger partial charge in [-0.2, -0.15) is 0 Å². The number of carboxylic acids is 1. The van der Waals surface area contributed by atoms with Crippen LogP contribution in [0.25, 0.3) is 0 Å². The number of hydrogen-bond acceptors (Lipinski definition) is 6. The molecule has 2 N–H and O–H groups in total. The summed E-state index contributed by atoms with van der Waals surface area (Å²) in [4.78, 5) is 10.8. The van der Waals surface area contributed by atoms with Gasteiger partial charge in [-0.25, -0.2) is 0 Å². The molecular formula is C29H48O7. The maximum absolute atomic E-state index is 11.0. The van der Waals surface area contributed by atoms with Crippen LogP contribution in [0.4, 0.5) is 0 Å². The Morgan fingerprint density at radius 2 is 1.81 bits per heavy atom. The normalized spacial score (nSPS) is 32.4. The number of rotatable bonds is 15. The molecule has 7 atom stereocenters. The molecule has 3 unspecified atom stereocenters. The fourth-order valence-corrected chi connectivity index (χ4v) is 5.49. The number of carboxylic acid groups (broad SMARTS) is 1. The van der Waals surface area contributed by atoms with Crippen LogP contribution in [-0.2, 0) is 23.7 Å². The van der Waals surface area contributed by atoms with Crippen LogP contribution in [0.1, 0.15) is 96.8 Å². The van der Waals surface area contributed by atoms with Crippen molar-refractivity contribution in [2.45, 2.75) is 128 Å². The van der Waals surface area contributed by atoms with E-state index in [-0.39, 0.29) is 43.0 Å². The predicted molar refractivity (Wildman–Crippen MR) is 138 cm³/mol. The summed E-state index contributed by atoms with van der Waals surface area (Å²) in [5.74, 6) is -0.740. The molecule has 36 heavy (non-hydrogen) atoms. The van der Waals surface area contributed by atoms with E-state index in [4.69, 9.17) is 24.1 Å². The maximum atomic E-state index is 11.0. The highest BCUT2D eigenvalue weighted by molar-refractivity contribution is 5.66. The van der Waals surface area contributed by atoms with E-state index in [9.17, 15) is 9.90 Å². The van der Waals surface area contributed by atoms with Crippen LogP contribution >= 0.6 is 0 Å². The smallest absolute Gasteiger partial charge is 0.303 e. The van der Waals surface area contributed by atoms with Gasteiger partial charge in [-0.3, -0.25) is 4.79 Å². The van der Waals surface area contributed by atoms with Gasteiger partial charge in [0.2, 0.25) is 0 Å². The van der Waals surface area contributed by atoms with Crippen molar-refractivity contribution in [3.63, 3.8) is 0 Å². The first kappa shape index (κ1) is 29.3. The molecule has 1 aliphatic carbocycles. The summed E-state index contributed by atoms with van der Waals surface area (Å²) in [6.45, 7) is 3.70. The van der Waals surface area contributed by atoms with Crippen molar-refractivity contribution >= 4 is 5.97 Å². The van der Waals surface area contributed by atoms with E-state index >= 15 is 0 Å². The molecule has 3 aliphatic rings. The lowest BCUT2D eigenvalue weighted by Gasteiger charge is -2.30. The number of allylic oxidation sites excluding steroid dienone is 2. The first-order chi connectivity index (χ1) is 17.6. The lowest BCUT2D eigenvalue weighted by atomic mass is 9.89. The minimum Gasteiger partial charge on any atom is -0.481 e. The molecule has 7 heteroatoms. The summed E-state index contributed by atoms with van der Waals surface area (Å²) in [7, 11) is 0. The number of unbranched alkanes of at least 4 members (excludes halogenated alkanes) is 2. The standard InChI is InChI=1S/C29H48O7/c1-2-3-5-12-22(35-28-15-8-10-19-33-28)17-18-24-23(13-6-4-7-14-27(31)32)25(30)21-26(24)36-29-16-9-11-20-34-29/h4,6,17-18,22-26,28-30H,2-3,5,7-16,19-21H2,1H3,(H,31,32)/t22?,23-,24-,25+,26-,28?,29?/m1/s1. The van der Waals surface area contributed by atoms with Crippen molar-refractivity contribution in [2.75, 3.05) is 13.2 Å². The average molecular weight is 509 g/mol. The molecule has 0 radical (unpaired) electrons. The highest BCUT2D eigenvalue weighted by Crippen LogP contribution is 2.39. The van der Waals surface area contributed by atoms with Crippen molar-refractivity contribution in [3.05, 3.63) is 24.3 Å². The molecule has 0 amide bonds. The van der Waals surface area contributed by atoms with E-state index in [0.717, 1.165) is 64.6 Å². The van der Waals surface area contributed by atoms with Crippen molar-refractivity contribution < 1.29 is 34.0 Å². The molecule has 0 bridgehead atoms. The van der Waals surface area contributed by atoms with Gasteiger partial charge >= 0.3 is 5.97 Å². The van der Waals surface area contributed by atoms with E-state index in [1.54, 1.807) is 0 Å². The Bertz CT molecular complexity index is 667. The third-order valence-electron chi connectivity index (χ3n) is 7.56. The molecule has 0 aromatic rings. The second-order valence-electron chi connectivity index (χ2n) is 10.5. The van der Waals surface area contributed by atoms with Gasteiger partial charge in [-0.05, 0) is 63.7 Å². The molecule has 0 spiro atoms. The van der Waals surface area contributed by atoms with Gasteiger partial charge in [0.25, 0.3) is 0 Å². The Kier molecular flexibility index (Phi) is 13.5. The largest absolute Gasteiger partial charge is 0.481 e. The summed E-state index contributed by atoms with van der Waals surface area (Å²) in [6.07, 6.45) is 19.9. The zero-order valence-electron chi connectivity index (χ0n) is 22.1. The van der Waals surface area contributed by atoms with E-state index in [0.29, 0.717) is 19.3 Å². The van der Waals surface area contributed by atoms with Gasteiger partial charge in [0, 0.05) is 32.0 Å². The highest BCUT2D eigenvalue weighted by Gasteiger charge is 2.42. The van der Waals surface area contributed by atoms with Gasteiger partial charge in [-0.15, -0.1) is 0 Å². The number of carbonyl (C=O) groups is 1. The summed E-state index contributed by atoms with van der Waals surface area (Å²) >= 11 is 0. The van der Waals surface area contributed by atoms with Crippen LogP contribution in [0.15, 0.2) is 24.3 Å². The van der Waals surface area contributed by atoms with Crippen LogP contribution in [0.5, 0.6) is 0 Å². The average Bonchev–Trinajstić information content (AvgIpc) is 3.17.